The highest BCUT2D eigenvalue weighted by Crippen LogP contribution is 2.31. The Kier molecular flexibility index (Phi) is 4.83. The van der Waals surface area contributed by atoms with Gasteiger partial charge in [-0.2, -0.15) is 4.98 Å². The lowest BCUT2D eigenvalue weighted by Crippen LogP contribution is -2.02. The van der Waals surface area contributed by atoms with Gasteiger partial charge in [0.15, 0.2) is 0 Å². The standard InChI is InChI=1S/C18H18FN3O3/c1-11-4-5-12(19)8-15(11)20-10-17-21-18(22-25-17)14-7-6-13(23-2)9-16(14)24-3/h4-9,20H,10H2,1-3H3. The van der Waals surface area contributed by atoms with Gasteiger partial charge in [-0.1, -0.05) is 11.2 Å². The molecule has 3 rings (SSSR count). The van der Waals surface area contributed by atoms with Crippen LogP contribution in [0.3, 0.4) is 0 Å². The molecule has 2 aromatic carbocycles. The van der Waals surface area contributed by atoms with Gasteiger partial charge in [0.05, 0.1) is 26.3 Å². The maximum Gasteiger partial charge on any atom is 0.246 e. The number of hydrogen-bond acceptors (Lipinski definition) is 6. The van der Waals surface area contributed by atoms with E-state index < -0.39 is 0 Å². The second-order valence-electron chi connectivity index (χ2n) is 5.39. The molecule has 0 aliphatic rings. The third-order valence-corrected chi connectivity index (χ3v) is 3.75. The molecule has 6 nitrogen and oxygen atoms in total. The fraction of sp³-hybridized carbons (Fsp3) is 0.222. The molecule has 0 bridgehead atoms. The van der Waals surface area contributed by atoms with Crippen LogP contribution in [-0.2, 0) is 6.54 Å². The van der Waals surface area contributed by atoms with Gasteiger partial charge in [0.1, 0.15) is 17.3 Å². The molecule has 0 saturated heterocycles. The summed E-state index contributed by atoms with van der Waals surface area (Å²) in [4.78, 5) is 4.36. The summed E-state index contributed by atoms with van der Waals surface area (Å²) in [5.74, 6) is 1.75. The van der Waals surface area contributed by atoms with Crippen LogP contribution in [0.1, 0.15) is 11.5 Å². The Morgan fingerprint density at radius 1 is 1.12 bits per heavy atom. The molecule has 1 N–H and O–H groups in total. The lowest BCUT2D eigenvalue weighted by atomic mass is 10.2. The number of nitrogens with zero attached hydrogens (tertiary/aromatic N) is 2. The summed E-state index contributed by atoms with van der Waals surface area (Å²) in [6.45, 7) is 2.18. The van der Waals surface area contributed by atoms with Crippen molar-refractivity contribution in [2.75, 3.05) is 19.5 Å². The predicted octanol–water partition coefficient (Wildman–Crippen LogP) is 3.81. The van der Waals surface area contributed by atoms with Gasteiger partial charge in [-0.3, -0.25) is 0 Å². The Morgan fingerprint density at radius 2 is 1.96 bits per heavy atom. The summed E-state index contributed by atoms with van der Waals surface area (Å²) in [7, 11) is 3.15. The van der Waals surface area contributed by atoms with E-state index in [-0.39, 0.29) is 12.4 Å². The van der Waals surface area contributed by atoms with E-state index in [4.69, 9.17) is 14.0 Å². The van der Waals surface area contributed by atoms with Gasteiger partial charge in [0.2, 0.25) is 11.7 Å². The van der Waals surface area contributed by atoms with E-state index in [0.717, 1.165) is 5.56 Å². The number of hydrogen-bond donors (Lipinski definition) is 1. The molecule has 0 aliphatic heterocycles. The van der Waals surface area contributed by atoms with Crippen molar-refractivity contribution in [2.24, 2.45) is 0 Å². The molecular weight excluding hydrogens is 325 g/mol. The highest BCUT2D eigenvalue weighted by Gasteiger charge is 2.14. The van der Waals surface area contributed by atoms with Crippen LogP contribution in [-0.4, -0.2) is 24.4 Å². The molecule has 1 aromatic heterocycles. The minimum Gasteiger partial charge on any atom is -0.497 e. The first kappa shape index (κ1) is 16.8. The fourth-order valence-electron chi connectivity index (χ4n) is 2.37. The van der Waals surface area contributed by atoms with Crippen LogP contribution in [0.15, 0.2) is 40.9 Å². The van der Waals surface area contributed by atoms with E-state index in [1.165, 1.54) is 12.1 Å². The molecule has 0 spiro atoms. The number of anilines is 1. The number of nitrogens with one attached hydrogen (secondary N) is 1. The summed E-state index contributed by atoms with van der Waals surface area (Å²) < 4.78 is 29.1. The highest BCUT2D eigenvalue weighted by atomic mass is 19.1. The van der Waals surface area contributed by atoms with Gasteiger partial charge in [0.25, 0.3) is 0 Å². The van der Waals surface area contributed by atoms with Gasteiger partial charge >= 0.3 is 0 Å². The molecule has 0 aliphatic carbocycles. The third kappa shape index (κ3) is 3.71. The minimum atomic E-state index is -0.303. The first-order valence-corrected chi connectivity index (χ1v) is 7.65. The number of methoxy groups -OCH3 is 2. The average molecular weight is 343 g/mol. The van der Waals surface area contributed by atoms with Crippen LogP contribution in [0.2, 0.25) is 0 Å². The van der Waals surface area contributed by atoms with Crippen molar-refractivity contribution in [1.82, 2.24) is 10.1 Å². The number of aromatic nitrogens is 2. The van der Waals surface area contributed by atoms with Crippen molar-refractivity contribution >= 4 is 5.69 Å². The Hall–Kier alpha value is -3.09. The number of halogens is 1. The third-order valence-electron chi connectivity index (χ3n) is 3.75. The molecule has 0 unspecified atom stereocenters. The first-order chi connectivity index (χ1) is 12.1. The van der Waals surface area contributed by atoms with Gasteiger partial charge < -0.3 is 19.3 Å². The van der Waals surface area contributed by atoms with E-state index in [0.29, 0.717) is 34.5 Å². The number of aryl methyl sites for hydroxylation is 1. The fourth-order valence-corrected chi connectivity index (χ4v) is 2.37. The van der Waals surface area contributed by atoms with Gasteiger partial charge in [-0.25, -0.2) is 4.39 Å². The summed E-state index contributed by atoms with van der Waals surface area (Å²) >= 11 is 0. The van der Waals surface area contributed by atoms with E-state index in [1.807, 2.05) is 6.92 Å². The Labute approximate surface area is 144 Å². The van der Waals surface area contributed by atoms with Crippen molar-refractivity contribution in [3.63, 3.8) is 0 Å². The van der Waals surface area contributed by atoms with Crippen molar-refractivity contribution in [3.05, 3.63) is 53.7 Å². The summed E-state index contributed by atoms with van der Waals surface area (Å²) in [6, 6.07) is 9.90. The Balaban J connectivity index is 1.77. The van der Waals surface area contributed by atoms with E-state index >= 15 is 0 Å². The topological polar surface area (TPSA) is 69.4 Å². The molecule has 0 fully saturated rings. The lowest BCUT2D eigenvalue weighted by Gasteiger charge is -2.07. The quantitative estimate of drug-likeness (QED) is 0.734. The summed E-state index contributed by atoms with van der Waals surface area (Å²) in [5, 5.41) is 7.08. The van der Waals surface area contributed by atoms with Crippen molar-refractivity contribution in [2.45, 2.75) is 13.5 Å². The van der Waals surface area contributed by atoms with Crippen LogP contribution >= 0.6 is 0 Å². The lowest BCUT2D eigenvalue weighted by molar-refractivity contribution is 0.382. The van der Waals surface area contributed by atoms with Gasteiger partial charge in [-0.05, 0) is 36.8 Å². The molecule has 7 heteroatoms. The average Bonchev–Trinajstić information content (AvgIpc) is 3.10. The van der Waals surface area contributed by atoms with E-state index in [9.17, 15) is 4.39 Å². The second-order valence-corrected chi connectivity index (χ2v) is 5.39. The molecular formula is C18H18FN3O3. The van der Waals surface area contributed by atoms with E-state index in [1.54, 1.807) is 38.5 Å². The maximum absolute atomic E-state index is 13.3. The second kappa shape index (κ2) is 7.21. The molecule has 0 saturated carbocycles. The highest BCUT2D eigenvalue weighted by molar-refractivity contribution is 5.65. The van der Waals surface area contributed by atoms with Crippen molar-refractivity contribution < 1.29 is 18.4 Å². The Morgan fingerprint density at radius 3 is 2.72 bits per heavy atom. The molecule has 130 valence electrons. The number of ether oxygens (including phenoxy) is 2. The van der Waals surface area contributed by atoms with Gasteiger partial charge in [-0.15, -0.1) is 0 Å². The van der Waals surface area contributed by atoms with Crippen LogP contribution < -0.4 is 14.8 Å². The maximum atomic E-state index is 13.3. The molecule has 1 heterocycles. The van der Waals surface area contributed by atoms with Crippen LogP contribution in [0.25, 0.3) is 11.4 Å². The monoisotopic (exact) mass is 343 g/mol. The zero-order valence-electron chi connectivity index (χ0n) is 14.2. The first-order valence-electron chi connectivity index (χ1n) is 7.65. The van der Waals surface area contributed by atoms with Crippen LogP contribution in [0.5, 0.6) is 11.5 Å². The molecule has 3 aromatic rings. The number of rotatable bonds is 6. The summed E-state index contributed by atoms with van der Waals surface area (Å²) in [5.41, 5.74) is 2.31. The summed E-state index contributed by atoms with van der Waals surface area (Å²) in [6.07, 6.45) is 0. The molecule has 0 radical (unpaired) electrons. The largest absolute Gasteiger partial charge is 0.497 e. The molecule has 0 amide bonds. The van der Waals surface area contributed by atoms with E-state index in [2.05, 4.69) is 15.5 Å². The molecule has 0 atom stereocenters. The van der Waals surface area contributed by atoms with Crippen LogP contribution in [0, 0.1) is 12.7 Å². The zero-order valence-corrected chi connectivity index (χ0v) is 14.2. The normalized spacial score (nSPS) is 10.6. The smallest absolute Gasteiger partial charge is 0.246 e. The zero-order chi connectivity index (χ0) is 17.8. The number of benzene rings is 2. The predicted molar refractivity (Wildman–Crippen MR) is 91.3 cm³/mol. The van der Waals surface area contributed by atoms with Crippen molar-refractivity contribution in [1.29, 1.82) is 0 Å². The van der Waals surface area contributed by atoms with Gasteiger partial charge in [0, 0.05) is 11.8 Å². The van der Waals surface area contributed by atoms with Crippen LogP contribution in [0.4, 0.5) is 10.1 Å². The molecule has 25 heavy (non-hydrogen) atoms. The van der Waals surface area contributed by atoms with Crippen molar-refractivity contribution in [3.8, 4) is 22.9 Å². The minimum absolute atomic E-state index is 0.287. The SMILES string of the molecule is COc1ccc(-c2noc(CNc3cc(F)ccc3C)n2)c(OC)c1. The Bertz CT molecular complexity index is 880.